The summed E-state index contributed by atoms with van der Waals surface area (Å²) < 4.78 is 15.4. The average Bonchev–Trinajstić information content (AvgIpc) is 3.00. The van der Waals surface area contributed by atoms with Crippen LogP contribution >= 0.6 is 0 Å². The van der Waals surface area contributed by atoms with Crippen molar-refractivity contribution in [1.82, 2.24) is 20.1 Å². The summed E-state index contributed by atoms with van der Waals surface area (Å²) in [6.07, 6.45) is 1.98. The molecule has 6 heteroatoms. The lowest BCUT2D eigenvalue weighted by Gasteiger charge is -2.06. The maximum absolute atomic E-state index is 13.4. The number of aryl methyl sites for hydroxylation is 1. The molecular weight excluding hydrogens is 247 g/mol. The van der Waals surface area contributed by atoms with Crippen molar-refractivity contribution in [1.29, 1.82) is 0 Å². The topological polar surface area (TPSA) is 59.8 Å². The standard InChI is InChI=1S/C13H13FN4O/c14-10-5-2-1-4-9(10)13(19)15-8-12-17-16-11-6-3-7-18(11)12/h1-2,4-5H,3,6-8H2,(H,15,19). The summed E-state index contributed by atoms with van der Waals surface area (Å²) in [5.41, 5.74) is 0.0451. The Bertz CT molecular complexity index is 623. The summed E-state index contributed by atoms with van der Waals surface area (Å²) in [5.74, 6) is 0.715. The van der Waals surface area contributed by atoms with E-state index >= 15 is 0 Å². The number of nitrogens with zero attached hydrogens (tertiary/aromatic N) is 3. The van der Waals surface area contributed by atoms with Gasteiger partial charge in [-0.15, -0.1) is 10.2 Å². The van der Waals surface area contributed by atoms with Gasteiger partial charge in [-0.1, -0.05) is 12.1 Å². The molecule has 0 aliphatic carbocycles. The van der Waals surface area contributed by atoms with Crippen molar-refractivity contribution in [2.75, 3.05) is 0 Å². The Balaban J connectivity index is 1.69. The number of benzene rings is 1. The Morgan fingerprint density at radius 2 is 2.21 bits per heavy atom. The van der Waals surface area contributed by atoms with E-state index in [-0.39, 0.29) is 12.1 Å². The molecule has 1 amide bonds. The molecule has 0 saturated carbocycles. The molecule has 1 aromatic carbocycles. The minimum Gasteiger partial charge on any atom is -0.345 e. The van der Waals surface area contributed by atoms with Gasteiger partial charge in [0.15, 0.2) is 5.82 Å². The molecule has 98 valence electrons. The van der Waals surface area contributed by atoms with Crippen LogP contribution in [0.5, 0.6) is 0 Å². The first-order valence-corrected chi connectivity index (χ1v) is 6.19. The monoisotopic (exact) mass is 260 g/mol. The van der Waals surface area contributed by atoms with E-state index in [2.05, 4.69) is 15.5 Å². The van der Waals surface area contributed by atoms with Gasteiger partial charge in [0, 0.05) is 13.0 Å². The Kier molecular flexibility index (Phi) is 2.98. The molecule has 0 spiro atoms. The molecule has 0 unspecified atom stereocenters. The Labute approximate surface area is 109 Å². The van der Waals surface area contributed by atoms with Gasteiger partial charge < -0.3 is 9.88 Å². The number of hydrogen-bond donors (Lipinski definition) is 1. The van der Waals surface area contributed by atoms with Crippen LogP contribution in [0.15, 0.2) is 24.3 Å². The van der Waals surface area contributed by atoms with E-state index in [1.807, 2.05) is 4.57 Å². The first kappa shape index (κ1) is 11.8. The lowest BCUT2D eigenvalue weighted by Crippen LogP contribution is -2.25. The molecule has 2 heterocycles. The molecule has 0 radical (unpaired) electrons. The first-order valence-electron chi connectivity index (χ1n) is 6.19. The summed E-state index contributed by atoms with van der Waals surface area (Å²) in [6.45, 7) is 1.15. The van der Waals surface area contributed by atoms with E-state index in [1.165, 1.54) is 12.1 Å². The molecule has 0 saturated heterocycles. The van der Waals surface area contributed by atoms with E-state index in [0.29, 0.717) is 0 Å². The van der Waals surface area contributed by atoms with Gasteiger partial charge in [-0.2, -0.15) is 0 Å². The fourth-order valence-electron chi connectivity index (χ4n) is 2.24. The average molecular weight is 260 g/mol. The highest BCUT2D eigenvalue weighted by molar-refractivity contribution is 5.94. The van der Waals surface area contributed by atoms with Crippen molar-refractivity contribution in [3.05, 3.63) is 47.3 Å². The SMILES string of the molecule is O=C(NCc1nnc2n1CCC2)c1ccccc1F. The van der Waals surface area contributed by atoms with Crippen LogP contribution in [0.25, 0.3) is 0 Å². The smallest absolute Gasteiger partial charge is 0.254 e. The summed E-state index contributed by atoms with van der Waals surface area (Å²) in [5, 5.41) is 10.8. The molecule has 0 atom stereocenters. The molecule has 1 aromatic heterocycles. The van der Waals surface area contributed by atoms with Gasteiger partial charge >= 0.3 is 0 Å². The van der Waals surface area contributed by atoms with Crippen molar-refractivity contribution < 1.29 is 9.18 Å². The number of carbonyl (C=O) groups is 1. The normalized spacial score (nSPS) is 13.3. The quantitative estimate of drug-likeness (QED) is 0.904. The highest BCUT2D eigenvalue weighted by Gasteiger charge is 2.18. The predicted octanol–water partition coefficient (Wildman–Crippen LogP) is 1.29. The van der Waals surface area contributed by atoms with Gasteiger partial charge in [0.2, 0.25) is 0 Å². The molecule has 1 N–H and O–H groups in total. The Morgan fingerprint density at radius 3 is 3.05 bits per heavy atom. The van der Waals surface area contributed by atoms with Crippen LogP contribution in [0, 0.1) is 5.82 Å². The van der Waals surface area contributed by atoms with Crippen LogP contribution in [0.1, 0.15) is 28.4 Å². The third kappa shape index (κ3) is 2.21. The minimum atomic E-state index is -0.522. The molecule has 2 aromatic rings. The van der Waals surface area contributed by atoms with Crippen LogP contribution in [0.2, 0.25) is 0 Å². The highest BCUT2D eigenvalue weighted by atomic mass is 19.1. The minimum absolute atomic E-state index is 0.0451. The zero-order chi connectivity index (χ0) is 13.2. The van der Waals surface area contributed by atoms with Gasteiger partial charge in [-0.05, 0) is 18.6 Å². The maximum Gasteiger partial charge on any atom is 0.254 e. The van der Waals surface area contributed by atoms with Crippen molar-refractivity contribution >= 4 is 5.91 Å². The van der Waals surface area contributed by atoms with Crippen molar-refractivity contribution in [2.45, 2.75) is 25.9 Å². The third-order valence-electron chi connectivity index (χ3n) is 3.21. The van der Waals surface area contributed by atoms with Crippen LogP contribution in [0.4, 0.5) is 4.39 Å². The number of hydrogen-bond acceptors (Lipinski definition) is 3. The van der Waals surface area contributed by atoms with Gasteiger partial charge in [0.05, 0.1) is 12.1 Å². The molecule has 3 rings (SSSR count). The number of halogens is 1. The number of fused-ring (bicyclic) bond motifs is 1. The second-order valence-electron chi connectivity index (χ2n) is 4.45. The van der Waals surface area contributed by atoms with Crippen LogP contribution in [-0.4, -0.2) is 20.7 Å². The van der Waals surface area contributed by atoms with Gasteiger partial charge in [-0.25, -0.2) is 4.39 Å². The largest absolute Gasteiger partial charge is 0.345 e. The van der Waals surface area contributed by atoms with Crippen molar-refractivity contribution in [2.24, 2.45) is 0 Å². The second-order valence-corrected chi connectivity index (χ2v) is 4.45. The summed E-state index contributed by atoms with van der Waals surface area (Å²) in [4.78, 5) is 11.9. The van der Waals surface area contributed by atoms with E-state index in [9.17, 15) is 9.18 Å². The van der Waals surface area contributed by atoms with Crippen LogP contribution < -0.4 is 5.32 Å². The van der Waals surface area contributed by atoms with E-state index in [4.69, 9.17) is 0 Å². The zero-order valence-corrected chi connectivity index (χ0v) is 10.3. The molecule has 1 aliphatic rings. The number of nitrogens with one attached hydrogen (secondary N) is 1. The van der Waals surface area contributed by atoms with Crippen LogP contribution in [0.3, 0.4) is 0 Å². The Hall–Kier alpha value is -2.24. The fourth-order valence-corrected chi connectivity index (χ4v) is 2.24. The molecule has 5 nitrogen and oxygen atoms in total. The predicted molar refractivity (Wildman–Crippen MR) is 65.9 cm³/mol. The summed E-state index contributed by atoms with van der Waals surface area (Å²) in [7, 11) is 0. The van der Waals surface area contributed by atoms with Gasteiger partial charge in [0.25, 0.3) is 5.91 Å². The van der Waals surface area contributed by atoms with E-state index in [1.54, 1.807) is 12.1 Å². The molecule has 0 bridgehead atoms. The zero-order valence-electron chi connectivity index (χ0n) is 10.3. The molecule has 0 fully saturated rings. The lowest BCUT2D eigenvalue weighted by molar-refractivity contribution is 0.0945. The molecule has 19 heavy (non-hydrogen) atoms. The molecular formula is C13H13FN4O. The number of rotatable bonds is 3. The van der Waals surface area contributed by atoms with Crippen LogP contribution in [-0.2, 0) is 19.5 Å². The van der Waals surface area contributed by atoms with E-state index < -0.39 is 11.7 Å². The van der Waals surface area contributed by atoms with Crippen molar-refractivity contribution in [3.8, 4) is 0 Å². The summed E-state index contributed by atoms with van der Waals surface area (Å²) in [6, 6.07) is 5.91. The van der Waals surface area contributed by atoms with Crippen molar-refractivity contribution in [3.63, 3.8) is 0 Å². The lowest BCUT2D eigenvalue weighted by atomic mass is 10.2. The fraction of sp³-hybridized carbons (Fsp3) is 0.308. The van der Waals surface area contributed by atoms with Gasteiger partial charge in [0.1, 0.15) is 11.6 Å². The van der Waals surface area contributed by atoms with E-state index in [0.717, 1.165) is 31.0 Å². The second kappa shape index (κ2) is 4.79. The summed E-state index contributed by atoms with van der Waals surface area (Å²) >= 11 is 0. The maximum atomic E-state index is 13.4. The molecule has 1 aliphatic heterocycles. The third-order valence-corrected chi connectivity index (χ3v) is 3.21. The number of aromatic nitrogens is 3. The van der Waals surface area contributed by atoms with Gasteiger partial charge in [-0.3, -0.25) is 4.79 Å². The number of amides is 1. The Morgan fingerprint density at radius 1 is 1.37 bits per heavy atom. The highest BCUT2D eigenvalue weighted by Crippen LogP contribution is 2.14. The first-order chi connectivity index (χ1) is 9.25. The number of carbonyl (C=O) groups excluding carboxylic acids is 1.